The number of amides is 1. The van der Waals surface area contributed by atoms with Crippen molar-refractivity contribution in [3.63, 3.8) is 0 Å². The molecule has 0 fully saturated rings. The number of hydrogen-bond acceptors (Lipinski definition) is 3. The molecule has 0 saturated heterocycles. The first-order valence-corrected chi connectivity index (χ1v) is 6.72. The topological polar surface area (TPSA) is 72.9 Å². The monoisotopic (exact) mass is 340 g/mol. The average molecular weight is 341 g/mol. The van der Waals surface area contributed by atoms with E-state index < -0.39 is 5.82 Å². The second-order valence-corrected chi connectivity index (χ2v) is 5.27. The molecule has 0 saturated carbocycles. The highest BCUT2D eigenvalue weighted by atomic mass is 79.9. The van der Waals surface area contributed by atoms with E-state index in [1.165, 1.54) is 22.9 Å². The maximum atomic E-state index is 13.1. The molecule has 7 heteroatoms. The fourth-order valence-corrected chi connectivity index (χ4v) is 2.13. The number of carbonyl (C=O) groups is 1. The van der Waals surface area contributed by atoms with Crippen LogP contribution in [0, 0.1) is 19.7 Å². The zero-order chi connectivity index (χ0) is 14.9. The highest BCUT2D eigenvalue weighted by Gasteiger charge is 2.12. The molecule has 0 aliphatic heterocycles. The van der Waals surface area contributed by atoms with Gasteiger partial charge in [0.15, 0.2) is 0 Å². The van der Waals surface area contributed by atoms with Crippen molar-refractivity contribution >= 4 is 33.2 Å². The predicted octanol–water partition coefficient (Wildman–Crippen LogP) is 2.62. The molecule has 3 N–H and O–H groups in total. The molecule has 0 atom stereocenters. The molecule has 0 bridgehead atoms. The number of nitrogens with one attached hydrogen (secondary N) is 1. The van der Waals surface area contributed by atoms with Gasteiger partial charge in [-0.3, -0.25) is 9.48 Å². The second kappa shape index (κ2) is 5.62. The summed E-state index contributed by atoms with van der Waals surface area (Å²) in [4.78, 5) is 12.0. The van der Waals surface area contributed by atoms with Crippen molar-refractivity contribution in [2.75, 3.05) is 11.1 Å². The van der Waals surface area contributed by atoms with Gasteiger partial charge in [-0.15, -0.1) is 0 Å². The molecule has 0 radical (unpaired) electrons. The number of anilines is 2. The van der Waals surface area contributed by atoms with E-state index in [0.717, 1.165) is 5.69 Å². The summed E-state index contributed by atoms with van der Waals surface area (Å²) in [7, 11) is 0. The first-order valence-electron chi connectivity index (χ1n) is 5.93. The normalized spacial score (nSPS) is 10.6. The molecule has 0 spiro atoms. The van der Waals surface area contributed by atoms with Gasteiger partial charge < -0.3 is 11.1 Å². The third kappa shape index (κ3) is 2.98. The summed E-state index contributed by atoms with van der Waals surface area (Å²) >= 11 is 3.25. The zero-order valence-corrected chi connectivity index (χ0v) is 12.7. The van der Waals surface area contributed by atoms with E-state index in [9.17, 15) is 9.18 Å². The molecule has 1 heterocycles. The summed E-state index contributed by atoms with van der Waals surface area (Å²) in [5, 5.41) is 6.80. The number of halogens is 2. The van der Waals surface area contributed by atoms with Crippen LogP contribution in [-0.4, -0.2) is 15.7 Å². The van der Waals surface area contributed by atoms with E-state index in [2.05, 4.69) is 26.3 Å². The minimum atomic E-state index is -0.418. The van der Waals surface area contributed by atoms with Crippen molar-refractivity contribution in [2.24, 2.45) is 0 Å². The third-order valence-corrected chi connectivity index (χ3v) is 3.62. The standard InChI is InChI=1S/C13H14BrFN4O/c1-7-13(16)8(2)19(18-7)6-12(20)17-11-5-9(15)3-4-10(11)14/h3-5H,6,16H2,1-2H3,(H,17,20). The Morgan fingerprint density at radius 3 is 2.80 bits per heavy atom. The molecule has 0 aliphatic rings. The van der Waals surface area contributed by atoms with Crippen LogP contribution < -0.4 is 11.1 Å². The quantitative estimate of drug-likeness (QED) is 0.901. The number of aryl methyl sites for hydroxylation is 1. The molecule has 5 nitrogen and oxygen atoms in total. The Hall–Kier alpha value is -1.89. The molecule has 1 aromatic heterocycles. The molecule has 1 aromatic carbocycles. The largest absolute Gasteiger partial charge is 0.396 e. The minimum Gasteiger partial charge on any atom is -0.396 e. The molecule has 2 rings (SSSR count). The van der Waals surface area contributed by atoms with Crippen LogP contribution in [0.4, 0.5) is 15.8 Å². The van der Waals surface area contributed by atoms with Crippen LogP contribution in [0.15, 0.2) is 22.7 Å². The fraction of sp³-hybridized carbons (Fsp3) is 0.231. The first-order chi connectivity index (χ1) is 9.38. The molecular formula is C13H14BrFN4O. The van der Waals surface area contributed by atoms with E-state index in [-0.39, 0.29) is 12.5 Å². The van der Waals surface area contributed by atoms with E-state index in [0.29, 0.717) is 21.5 Å². The summed E-state index contributed by atoms with van der Waals surface area (Å²) in [5.74, 6) is -0.722. The molecule has 0 unspecified atom stereocenters. The maximum Gasteiger partial charge on any atom is 0.246 e. The summed E-state index contributed by atoms with van der Waals surface area (Å²) in [6.07, 6.45) is 0. The molecule has 1 amide bonds. The van der Waals surface area contributed by atoms with Gasteiger partial charge in [0.05, 0.1) is 22.8 Å². The van der Waals surface area contributed by atoms with Crippen molar-refractivity contribution in [3.8, 4) is 0 Å². The molecule has 20 heavy (non-hydrogen) atoms. The lowest BCUT2D eigenvalue weighted by molar-refractivity contribution is -0.116. The van der Waals surface area contributed by atoms with Gasteiger partial charge in [-0.1, -0.05) is 0 Å². The van der Waals surface area contributed by atoms with Gasteiger partial charge in [-0.25, -0.2) is 4.39 Å². The molecule has 2 aromatic rings. The van der Waals surface area contributed by atoms with Crippen LogP contribution in [0.5, 0.6) is 0 Å². The third-order valence-electron chi connectivity index (χ3n) is 2.93. The van der Waals surface area contributed by atoms with Crippen molar-refractivity contribution in [1.82, 2.24) is 9.78 Å². The Kier molecular flexibility index (Phi) is 4.08. The maximum absolute atomic E-state index is 13.1. The van der Waals surface area contributed by atoms with Gasteiger partial charge in [0.2, 0.25) is 5.91 Å². The van der Waals surface area contributed by atoms with Gasteiger partial charge >= 0.3 is 0 Å². The summed E-state index contributed by atoms with van der Waals surface area (Å²) in [6, 6.07) is 4.09. The zero-order valence-electron chi connectivity index (χ0n) is 11.1. The average Bonchev–Trinajstić information content (AvgIpc) is 2.61. The van der Waals surface area contributed by atoms with Gasteiger partial charge in [-0.2, -0.15) is 5.10 Å². The second-order valence-electron chi connectivity index (χ2n) is 4.41. The predicted molar refractivity (Wildman–Crippen MR) is 78.8 cm³/mol. The SMILES string of the molecule is Cc1nn(CC(=O)Nc2cc(F)ccc2Br)c(C)c1N. The van der Waals surface area contributed by atoms with Crippen LogP contribution in [0.1, 0.15) is 11.4 Å². The van der Waals surface area contributed by atoms with Crippen molar-refractivity contribution in [2.45, 2.75) is 20.4 Å². The molecule has 106 valence electrons. The Balaban J connectivity index is 2.13. The van der Waals surface area contributed by atoms with Crippen LogP contribution in [0.2, 0.25) is 0 Å². The van der Waals surface area contributed by atoms with Gasteiger partial charge in [0, 0.05) is 4.47 Å². The number of aromatic nitrogens is 2. The van der Waals surface area contributed by atoms with Crippen molar-refractivity contribution in [1.29, 1.82) is 0 Å². The molecule has 0 aliphatic carbocycles. The lowest BCUT2D eigenvalue weighted by Crippen LogP contribution is -2.20. The Morgan fingerprint density at radius 1 is 1.50 bits per heavy atom. The first kappa shape index (κ1) is 14.5. The summed E-state index contributed by atoms with van der Waals surface area (Å²) < 4.78 is 15.3. The van der Waals surface area contributed by atoms with Crippen LogP contribution in [0.3, 0.4) is 0 Å². The molecular weight excluding hydrogens is 327 g/mol. The fourth-order valence-electron chi connectivity index (χ4n) is 1.78. The number of benzene rings is 1. The van der Waals surface area contributed by atoms with E-state index in [1.54, 1.807) is 13.8 Å². The highest BCUT2D eigenvalue weighted by molar-refractivity contribution is 9.10. The number of rotatable bonds is 3. The Labute approximate surface area is 124 Å². The number of nitrogens with two attached hydrogens (primary N) is 1. The number of carbonyl (C=O) groups excluding carboxylic acids is 1. The summed E-state index contributed by atoms with van der Waals surface area (Å²) in [6.45, 7) is 3.59. The summed E-state index contributed by atoms with van der Waals surface area (Å²) in [5.41, 5.74) is 8.17. The van der Waals surface area contributed by atoms with Gasteiger partial charge in [-0.05, 0) is 48.0 Å². The number of nitrogen functional groups attached to an aromatic ring is 1. The Bertz CT molecular complexity index is 669. The van der Waals surface area contributed by atoms with Gasteiger partial charge in [0.1, 0.15) is 12.4 Å². The Morgan fingerprint density at radius 2 is 2.20 bits per heavy atom. The minimum absolute atomic E-state index is 0.0207. The lowest BCUT2D eigenvalue weighted by atomic mass is 10.3. The van der Waals surface area contributed by atoms with E-state index in [4.69, 9.17) is 5.73 Å². The van der Waals surface area contributed by atoms with Crippen LogP contribution >= 0.6 is 15.9 Å². The van der Waals surface area contributed by atoms with E-state index >= 15 is 0 Å². The van der Waals surface area contributed by atoms with E-state index in [1.807, 2.05) is 0 Å². The van der Waals surface area contributed by atoms with Crippen LogP contribution in [0.25, 0.3) is 0 Å². The van der Waals surface area contributed by atoms with Crippen molar-refractivity contribution < 1.29 is 9.18 Å². The van der Waals surface area contributed by atoms with Crippen molar-refractivity contribution in [3.05, 3.63) is 39.9 Å². The number of hydrogen-bond donors (Lipinski definition) is 2. The smallest absolute Gasteiger partial charge is 0.246 e. The van der Waals surface area contributed by atoms with Gasteiger partial charge in [0.25, 0.3) is 0 Å². The lowest BCUT2D eigenvalue weighted by Gasteiger charge is -2.08. The highest BCUT2D eigenvalue weighted by Crippen LogP contribution is 2.23. The number of nitrogens with zero attached hydrogens (tertiary/aromatic N) is 2. The van der Waals surface area contributed by atoms with Crippen LogP contribution in [-0.2, 0) is 11.3 Å².